The molecule has 0 N–H and O–H groups in total. The van der Waals surface area contributed by atoms with Gasteiger partial charge >= 0.3 is 0 Å². The lowest BCUT2D eigenvalue weighted by atomic mass is 9.82. The molecule has 1 atom stereocenters. The van der Waals surface area contributed by atoms with Crippen molar-refractivity contribution in [2.75, 3.05) is 14.2 Å². The van der Waals surface area contributed by atoms with Crippen molar-refractivity contribution in [1.29, 1.82) is 0 Å². The molecule has 2 aromatic carbocycles. The molecule has 0 fully saturated rings. The lowest BCUT2D eigenvalue weighted by Gasteiger charge is -2.28. The number of rotatable bonds is 5. The van der Waals surface area contributed by atoms with Crippen LogP contribution in [-0.2, 0) is 4.79 Å². The first-order valence-electron chi connectivity index (χ1n) is 10.4. The number of Topliss-reactive ketones (excluding diaryl/α,β-unsaturated/α-hetero) is 1. The standard InChI is InChI=1S/C25H22N4O4/c1-14(30)20-15(2)33-25-22(21(20)16-9-11-17(31-3)12-10-16)24-27-23(28-29(24)13-26-25)18-7-5-6-8-19(18)32-4/h5-13,21H,1-4H3/t21-/m0/s1. The van der Waals surface area contributed by atoms with Crippen LogP contribution in [0.5, 0.6) is 17.4 Å². The SMILES string of the molecule is COc1ccc([C@H]2C(C(C)=O)=C(C)Oc3ncn4nc(-c5ccccc5OC)nc4c32)cc1. The molecular formula is C25H22N4O4. The Labute approximate surface area is 190 Å². The summed E-state index contributed by atoms with van der Waals surface area (Å²) in [5, 5.41) is 4.63. The zero-order valence-electron chi connectivity index (χ0n) is 18.7. The van der Waals surface area contributed by atoms with Crippen molar-refractivity contribution >= 4 is 11.4 Å². The van der Waals surface area contributed by atoms with E-state index in [0.717, 1.165) is 16.9 Å². The summed E-state index contributed by atoms with van der Waals surface area (Å²) < 4.78 is 18.4. The average Bonchev–Trinajstić information content (AvgIpc) is 3.27. The fourth-order valence-corrected chi connectivity index (χ4v) is 4.27. The first kappa shape index (κ1) is 20.7. The molecule has 3 heterocycles. The number of ether oxygens (including phenoxy) is 3. The van der Waals surface area contributed by atoms with Crippen LogP contribution in [0.4, 0.5) is 0 Å². The minimum Gasteiger partial charge on any atom is -0.497 e. The van der Waals surface area contributed by atoms with Gasteiger partial charge in [0.25, 0.3) is 0 Å². The van der Waals surface area contributed by atoms with Crippen LogP contribution in [0.1, 0.15) is 30.9 Å². The molecule has 166 valence electrons. The van der Waals surface area contributed by atoms with E-state index < -0.39 is 5.92 Å². The van der Waals surface area contributed by atoms with Crippen molar-refractivity contribution in [2.24, 2.45) is 0 Å². The second-order valence-corrected chi connectivity index (χ2v) is 7.70. The third-order valence-electron chi connectivity index (χ3n) is 5.77. The molecule has 4 aromatic rings. The molecule has 0 radical (unpaired) electrons. The molecule has 8 nitrogen and oxygen atoms in total. The number of allylic oxidation sites excluding steroid dienone is 2. The number of methoxy groups -OCH3 is 2. The molecule has 0 bridgehead atoms. The van der Waals surface area contributed by atoms with Crippen LogP contribution >= 0.6 is 0 Å². The number of hydrogen-bond donors (Lipinski definition) is 0. The van der Waals surface area contributed by atoms with E-state index >= 15 is 0 Å². The van der Waals surface area contributed by atoms with Gasteiger partial charge in [-0.3, -0.25) is 4.79 Å². The van der Waals surface area contributed by atoms with Crippen LogP contribution in [0, 0.1) is 0 Å². The van der Waals surface area contributed by atoms with Crippen LogP contribution < -0.4 is 14.2 Å². The summed E-state index contributed by atoms with van der Waals surface area (Å²) >= 11 is 0. The summed E-state index contributed by atoms with van der Waals surface area (Å²) in [6.45, 7) is 3.33. The molecule has 0 unspecified atom stereocenters. The van der Waals surface area contributed by atoms with Gasteiger partial charge < -0.3 is 14.2 Å². The Hall–Kier alpha value is -4.20. The highest BCUT2D eigenvalue weighted by Gasteiger charge is 2.36. The van der Waals surface area contributed by atoms with Gasteiger partial charge in [0.1, 0.15) is 23.6 Å². The van der Waals surface area contributed by atoms with E-state index in [1.807, 2.05) is 48.5 Å². The van der Waals surface area contributed by atoms with E-state index in [9.17, 15) is 4.79 Å². The predicted molar refractivity (Wildman–Crippen MR) is 122 cm³/mol. The Kier molecular flexibility index (Phi) is 5.05. The van der Waals surface area contributed by atoms with Gasteiger partial charge in [-0.15, -0.1) is 5.10 Å². The first-order chi connectivity index (χ1) is 16.0. The highest BCUT2D eigenvalue weighted by Crippen LogP contribution is 2.44. The van der Waals surface area contributed by atoms with Gasteiger partial charge in [0.05, 0.1) is 25.3 Å². The zero-order valence-corrected chi connectivity index (χ0v) is 18.7. The van der Waals surface area contributed by atoms with Crippen LogP contribution in [0.25, 0.3) is 17.0 Å². The number of hydrogen-bond acceptors (Lipinski definition) is 7. The summed E-state index contributed by atoms with van der Waals surface area (Å²) in [6.07, 6.45) is 1.57. The van der Waals surface area contributed by atoms with E-state index in [0.29, 0.717) is 40.0 Å². The van der Waals surface area contributed by atoms with Crippen LogP contribution in [0.3, 0.4) is 0 Å². The third-order valence-corrected chi connectivity index (χ3v) is 5.77. The molecule has 2 aromatic heterocycles. The molecule has 5 rings (SSSR count). The molecule has 0 saturated heterocycles. The summed E-state index contributed by atoms with van der Waals surface area (Å²) in [4.78, 5) is 22.0. The molecule has 0 saturated carbocycles. The van der Waals surface area contributed by atoms with Gasteiger partial charge in [-0.1, -0.05) is 24.3 Å². The van der Waals surface area contributed by atoms with Gasteiger partial charge in [-0.2, -0.15) is 0 Å². The number of carbonyl (C=O) groups excluding carboxylic acids is 1. The predicted octanol–water partition coefficient (Wildman–Crippen LogP) is 4.20. The van der Waals surface area contributed by atoms with Gasteiger partial charge in [0.2, 0.25) is 5.88 Å². The van der Waals surface area contributed by atoms with Crippen molar-refractivity contribution in [3.05, 3.63) is 77.3 Å². The summed E-state index contributed by atoms with van der Waals surface area (Å²) in [5.74, 6) is 2.33. The smallest absolute Gasteiger partial charge is 0.228 e. The highest BCUT2D eigenvalue weighted by molar-refractivity contribution is 5.97. The van der Waals surface area contributed by atoms with Gasteiger partial charge in [0.15, 0.2) is 17.3 Å². The molecule has 33 heavy (non-hydrogen) atoms. The zero-order chi connectivity index (χ0) is 23.1. The Morgan fingerprint density at radius 1 is 1.06 bits per heavy atom. The minimum absolute atomic E-state index is 0.0783. The molecule has 1 aliphatic rings. The molecule has 8 heteroatoms. The molecular weight excluding hydrogens is 420 g/mol. The maximum absolute atomic E-state index is 12.7. The van der Waals surface area contributed by atoms with Crippen LogP contribution in [-0.4, -0.2) is 39.6 Å². The maximum Gasteiger partial charge on any atom is 0.228 e. The van der Waals surface area contributed by atoms with Crippen molar-refractivity contribution in [3.63, 3.8) is 0 Å². The Morgan fingerprint density at radius 2 is 1.82 bits per heavy atom. The summed E-state index contributed by atoms with van der Waals surface area (Å²) in [6, 6.07) is 15.2. The fourth-order valence-electron chi connectivity index (χ4n) is 4.27. The van der Waals surface area contributed by atoms with Gasteiger partial charge in [-0.05, 0) is 43.7 Å². The number of benzene rings is 2. The van der Waals surface area contributed by atoms with Crippen molar-refractivity contribution in [2.45, 2.75) is 19.8 Å². The van der Waals surface area contributed by atoms with E-state index in [4.69, 9.17) is 19.2 Å². The number of nitrogens with zero attached hydrogens (tertiary/aromatic N) is 4. The number of fused-ring (bicyclic) bond motifs is 3. The quantitative estimate of drug-likeness (QED) is 0.458. The number of carbonyl (C=O) groups is 1. The second-order valence-electron chi connectivity index (χ2n) is 7.70. The minimum atomic E-state index is -0.414. The monoisotopic (exact) mass is 442 g/mol. The van der Waals surface area contributed by atoms with Crippen molar-refractivity contribution in [1.82, 2.24) is 19.6 Å². The summed E-state index contributed by atoms with van der Waals surface area (Å²) in [5.41, 5.74) is 3.47. The van der Waals surface area contributed by atoms with E-state index in [1.165, 1.54) is 0 Å². The normalized spacial score (nSPS) is 15.2. The highest BCUT2D eigenvalue weighted by atomic mass is 16.5. The lowest BCUT2D eigenvalue weighted by Crippen LogP contribution is -2.22. The number of aromatic nitrogens is 4. The molecule has 0 amide bonds. The van der Waals surface area contributed by atoms with Crippen LogP contribution in [0.15, 0.2) is 66.2 Å². The Morgan fingerprint density at radius 3 is 2.52 bits per heavy atom. The molecule has 0 aliphatic carbocycles. The van der Waals surface area contributed by atoms with Gasteiger partial charge in [-0.25, -0.2) is 14.5 Å². The molecule has 1 aliphatic heterocycles. The summed E-state index contributed by atoms with van der Waals surface area (Å²) in [7, 11) is 3.23. The first-order valence-corrected chi connectivity index (χ1v) is 10.4. The maximum atomic E-state index is 12.7. The average molecular weight is 442 g/mol. The van der Waals surface area contributed by atoms with Gasteiger partial charge in [0, 0.05) is 11.5 Å². The Balaban J connectivity index is 1.76. The number of ketones is 1. The molecule has 0 spiro atoms. The van der Waals surface area contributed by atoms with E-state index in [1.54, 1.807) is 38.9 Å². The van der Waals surface area contributed by atoms with E-state index in [2.05, 4.69) is 10.1 Å². The van der Waals surface area contributed by atoms with E-state index in [-0.39, 0.29) is 5.78 Å². The number of para-hydroxylation sites is 1. The largest absolute Gasteiger partial charge is 0.497 e. The fraction of sp³-hybridized carbons (Fsp3) is 0.200. The van der Waals surface area contributed by atoms with Crippen LogP contribution in [0.2, 0.25) is 0 Å². The van der Waals surface area contributed by atoms with Crippen molar-refractivity contribution < 1.29 is 19.0 Å². The Bertz CT molecular complexity index is 1410. The topological polar surface area (TPSA) is 87.8 Å². The third kappa shape index (κ3) is 3.40. The van der Waals surface area contributed by atoms with Crippen molar-refractivity contribution in [3.8, 4) is 28.8 Å². The second kappa shape index (κ2) is 8.05. The lowest BCUT2D eigenvalue weighted by molar-refractivity contribution is -0.114.